The Morgan fingerprint density at radius 1 is 1.39 bits per heavy atom. The zero-order valence-electron chi connectivity index (χ0n) is 10.7. The number of unbranched alkanes of at least 4 members (excludes halogenated alkanes) is 1. The summed E-state index contributed by atoms with van der Waals surface area (Å²) in [7, 11) is 0. The summed E-state index contributed by atoms with van der Waals surface area (Å²) in [5.41, 5.74) is 1.01. The Balaban J connectivity index is 2.59. The second-order valence-electron chi connectivity index (χ2n) is 4.34. The average Bonchev–Trinajstić information content (AvgIpc) is 2.34. The van der Waals surface area contributed by atoms with Crippen LogP contribution in [0.25, 0.3) is 0 Å². The van der Waals surface area contributed by atoms with Crippen molar-refractivity contribution in [3.05, 3.63) is 35.6 Å². The highest BCUT2D eigenvalue weighted by molar-refractivity contribution is 5.66. The number of rotatable bonds is 8. The van der Waals surface area contributed by atoms with E-state index in [0.717, 1.165) is 24.8 Å². The van der Waals surface area contributed by atoms with Crippen LogP contribution >= 0.6 is 0 Å². The maximum Gasteiger partial charge on any atom is 0.304 e. The smallest absolute Gasteiger partial charge is 0.304 e. The number of carbonyl (C=O) groups is 1. The molecule has 0 amide bonds. The van der Waals surface area contributed by atoms with E-state index in [-0.39, 0.29) is 18.3 Å². The lowest BCUT2D eigenvalue weighted by Gasteiger charge is -2.18. The molecule has 4 heteroatoms. The van der Waals surface area contributed by atoms with Crippen molar-refractivity contribution in [3.63, 3.8) is 0 Å². The fourth-order valence-corrected chi connectivity index (χ4v) is 1.84. The lowest BCUT2D eigenvalue weighted by atomic mass is 10.0. The van der Waals surface area contributed by atoms with Crippen LogP contribution in [-0.2, 0) is 4.79 Å². The topological polar surface area (TPSA) is 49.3 Å². The van der Waals surface area contributed by atoms with E-state index in [2.05, 4.69) is 12.2 Å². The van der Waals surface area contributed by atoms with Gasteiger partial charge in [0, 0.05) is 12.6 Å². The van der Waals surface area contributed by atoms with Crippen molar-refractivity contribution in [3.8, 4) is 0 Å². The molecule has 0 bridgehead atoms. The van der Waals surface area contributed by atoms with Gasteiger partial charge in [-0.05, 0) is 24.1 Å². The Bertz CT molecular complexity index is 365. The normalized spacial score (nSPS) is 12.3. The van der Waals surface area contributed by atoms with E-state index in [1.165, 1.54) is 12.1 Å². The van der Waals surface area contributed by atoms with Gasteiger partial charge >= 0.3 is 5.97 Å². The standard InChI is InChI=1S/C14H20FNO2/c1-2-3-4-13(16-10-9-14(17)18)11-5-7-12(15)8-6-11/h5-8,13,16H,2-4,9-10H2,1H3,(H,17,18). The van der Waals surface area contributed by atoms with Crippen LogP contribution in [0.5, 0.6) is 0 Å². The Kier molecular flexibility index (Phi) is 6.36. The first-order valence-electron chi connectivity index (χ1n) is 6.34. The van der Waals surface area contributed by atoms with Crippen LogP contribution in [0.2, 0.25) is 0 Å². The molecular weight excluding hydrogens is 233 g/mol. The average molecular weight is 253 g/mol. The van der Waals surface area contributed by atoms with E-state index in [1.807, 2.05) is 0 Å². The van der Waals surface area contributed by atoms with Gasteiger partial charge in [0.05, 0.1) is 6.42 Å². The molecule has 1 aromatic rings. The molecule has 0 radical (unpaired) electrons. The minimum atomic E-state index is -0.809. The van der Waals surface area contributed by atoms with Crippen molar-refractivity contribution in [1.82, 2.24) is 5.32 Å². The number of carboxylic acids is 1. The van der Waals surface area contributed by atoms with Crippen molar-refractivity contribution < 1.29 is 14.3 Å². The second kappa shape index (κ2) is 7.82. The summed E-state index contributed by atoms with van der Waals surface area (Å²) in [6.45, 7) is 2.54. The van der Waals surface area contributed by atoms with Gasteiger partial charge in [0.25, 0.3) is 0 Å². The molecule has 1 unspecified atom stereocenters. The summed E-state index contributed by atoms with van der Waals surface area (Å²) in [5.74, 6) is -1.06. The molecular formula is C14H20FNO2. The molecule has 0 saturated carbocycles. The van der Waals surface area contributed by atoms with Crippen LogP contribution < -0.4 is 5.32 Å². The van der Waals surface area contributed by atoms with Crippen molar-refractivity contribution in [2.75, 3.05) is 6.54 Å². The predicted octanol–water partition coefficient (Wildman–Crippen LogP) is 3.12. The summed E-state index contributed by atoms with van der Waals surface area (Å²) < 4.78 is 12.9. The summed E-state index contributed by atoms with van der Waals surface area (Å²) in [5, 5.41) is 11.8. The third kappa shape index (κ3) is 5.27. The molecule has 2 N–H and O–H groups in total. The summed E-state index contributed by atoms with van der Waals surface area (Å²) in [6, 6.07) is 6.48. The largest absolute Gasteiger partial charge is 0.481 e. The molecule has 0 spiro atoms. The lowest BCUT2D eigenvalue weighted by molar-refractivity contribution is -0.136. The van der Waals surface area contributed by atoms with Crippen molar-refractivity contribution in [2.24, 2.45) is 0 Å². The molecule has 0 saturated heterocycles. The second-order valence-corrected chi connectivity index (χ2v) is 4.34. The molecule has 3 nitrogen and oxygen atoms in total. The Labute approximate surface area is 107 Å². The number of carboxylic acid groups (broad SMARTS) is 1. The van der Waals surface area contributed by atoms with Crippen molar-refractivity contribution >= 4 is 5.97 Å². The Morgan fingerprint density at radius 3 is 2.61 bits per heavy atom. The maximum absolute atomic E-state index is 12.9. The van der Waals surface area contributed by atoms with Crippen LogP contribution in [0.1, 0.15) is 44.2 Å². The monoisotopic (exact) mass is 253 g/mol. The lowest BCUT2D eigenvalue weighted by Crippen LogP contribution is -2.24. The van der Waals surface area contributed by atoms with E-state index in [4.69, 9.17) is 5.11 Å². The van der Waals surface area contributed by atoms with Crippen molar-refractivity contribution in [1.29, 1.82) is 0 Å². The van der Waals surface area contributed by atoms with E-state index >= 15 is 0 Å². The molecule has 0 fully saturated rings. The minimum Gasteiger partial charge on any atom is -0.481 e. The molecule has 0 heterocycles. The first kappa shape index (κ1) is 14.6. The summed E-state index contributed by atoms with van der Waals surface area (Å²) in [4.78, 5) is 10.5. The molecule has 0 aromatic heterocycles. The highest BCUT2D eigenvalue weighted by Crippen LogP contribution is 2.19. The van der Waals surface area contributed by atoms with Crippen LogP contribution in [0.3, 0.4) is 0 Å². The SMILES string of the molecule is CCCCC(NCCC(=O)O)c1ccc(F)cc1. The quantitative estimate of drug-likeness (QED) is 0.748. The maximum atomic E-state index is 12.9. The number of halogens is 1. The molecule has 1 rings (SSSR count). The van der Waals surface area contributed by atoms with Gasteiger partial charge in [-0.25, -0.2) is 4.39 Å². The van der Waals surface area contributed by atoms with Gasteiger partial charge in [0.2, 0.25) is 0 Å². The fraction of sp³-hybridized carbons (Fsp3) is 0.500. The van der Waals surface area contributed by atoms with Gasteiger partial charge in [0.1, 0.15) is 5.82 Å². The number of aliphatic carboxylic acids is 1. The van der Waals surface area contributed by atoms with E-state index in [9.17, 15) is 9.18 Å². The highest BCUT2D eigenvalue weighted by Gasteiger charge is 2.11. The summed E-state index contributed by atoms with van der Waals surface area (Å²) >= 11 is 0. The van der Waals surface area contributed by atoms with Crippen LogP contribution in [0.4, 0.5) is 4.39 Å². The summed E-state index contributed by atoms with van der Waals surface area (Å²) in [6.07, 6.45) is 3.17. The Morgan fingerprint density at radius 2 is 2.06 bits per heavy atom. The third-order valence-electron chi connectivity index (χ3n) is 2.85. The molecule has 0 aliphatic heterocycles. The van der Waals surface area contributed by atoms with Crippen molar-refractivity contribution in [2.45, 2.75) is 38.6 Å². The third-order valence-corrected chi connectivity index (χ3v) is 2.85. The zero-order valence-corrected chi connectivity index (χ0v) is 10.7. The predicted molar refractivity (Wildman–Crippen MR) is 68.9 cm³/mol. The molecule has 0 aliphatic carbocycles. The van der Waals surface area contributed by atoms with Crippen LogP contribution in [0.15, 0.2) is 24.3 Å². The van der Waals surface area contributed by atoms with Gasteiger partial charge in [-0.1, -0.05) is 31.9 Å². The Hall–Kier alpha value is -1.42. The first-order valence-corrected chi connectivity index (χ1v) is 6.34. The minimum absolute atomic E-state index is 0.101. The van der Waals surface area contributed by atoms with Crippen LogP contribution in [0, 0.1) is 5.82 Å². The number of hydrogen-bond acceptors (Lipinski definition) is 2. The highest BCUT2D eigenvalue weighted by atomic mass is 19.1. The van der Waals surface area contributed by atoms with E-state index < -0.39 is 5.97 Å². The van der Waals surface area contributed by atoms with Gasteiger partial charge < -0.3 is 10.4 Å². The number of nitrogens with one attached hydrogen (secondary N) is 1. The van der Waals surface area contributed by atoms with E-state index in [1.54, 1.807) is 12.1 Å². The molecule has 18 heavy (non-hydrogen) atoms. The van der Waals surface area contributed by atoms with Gasteiger partial charge in [0.15, 0.2) is 0 Å². The molecule has 0 aliphatic rings. The van der Waals surface area contributed by atoms with Crippen LogP contribution in [-0.4, -0.2) is 17.6 Å². The number of hydrogen-bond donors (Lipinski definition) is 2. The molecule has 100 valence electrons. The zero-order chi connectivity index (χ0) is 13.4. The molecule has 1 atom stereocenters. The first-order chi connectivity index (χ1) is 8.63. The van der Waals surface area contributed by atoms with Gasteiger partial charge in [-0.3, -0.25) is 4.79 Å². The number of benzene rings is 1. The fourth-order valence-electron chi connectivity index (χ4n) is 1.84. The van der Waals surface area contributed by atoms with E-state index in [0.29, 0.717) is 6.54 Å². The van der Waals surface area contributed by atoms with Gasteiger partial charge in [-0.2, -0.15) is 0 Å². The molecule has 1 aromatic carbocycles. The van der Waals surface area contributed by atoms with Gasteiger partial charge in [-0.15, -0.1) is 0 Å².